The van der Waals surface area contributed by atoms with Crippen LogP contribution in [0.4, 0.5) is 0 Å². The molecule has 0 heterocycles. The highest BCUT2D eigenvalue weighted by atomic mass is 16.5. The molecule has 0 aliphatic heterocycles. The third-order valence-electron chi connectivity index (χ3n) is 1.86. The van der Waals surface area contributed by atoms with Gasteiger partial charge in [-0.1, -0.05) is 30.3 Å². The Balaban J connectivity index is 2.57. The van der Waals surface area contributed by atoms with Gasteiger partial charge in [-0.25, -0.2) is 0 Å². The number of rotatable bonds is 4. The Bertz CT molecular complexity index is 348. The van der Waals surface area contributed by atoms with Crippen molar-refractivity contribution in [3.8, 4) is 0 Å². The quantitative estimate of drug-likeness (QED) is 0.584. The zero-order valence-electron chi connectivity index (χ0n) is 8.47. The zero-order valence-corrected chi connectivity index (χ0v) is 8.47. The second kappa shape index (κ2) is 5.26. The molecule has 0 radical (unpaired) electrons. The summed E-state index contributed by atoms with van der Waals surface area (Å²) in [6.45, 7) is 1.20. The number of ether oxygens (including phenoxy) is 1. The molecule has 0 bridgehead atoms. The number of hydrogen-bond acceptors (Lipinski definition) is 4. The predicted octanol–water partition coefficient (Wildman–Crippen LogP) is 0.760. The largest absolute Gasteiger partial charge is 0.464 e. The van der Waals surface area contributed by atoms with Crippen LogP contribution in [-0.4, -0.2) is 24.4 Å². The fourth-order valence-electron chi connectivity index (χ4n) is 1.10. The Hall–Kier alpha value is -1.68. The van der Waals surface area contributed by atoms with E-state index in [1.54, 1.807) is 24.3 Å². The van der Waals surface area contributed by atoms with E-state index in [2.05, 4.69) is 4.74 Å². The maximum absolute atomic E-state index is 11.6. The average molecular weight is 207 g/mol. The van der Waals surface area contributed by atoms with E-state index in [0.29, 0.717) is 5.56 Å². The highest BCUT2D eigenvalue weighted by Crippen LogP contribution is 2.02. The van der Waals surface area contributed by atoms with Crippen LogP contribution in [-0.2, 0) is 9.53 Å². The lowest BCUT2D eigenvalue weighted by atomic mass is 10.1. The maximum Gasteiger partial charge on any atom is 0.302 e. The van der Waals surface area contributed by atoms with Crippen molar-refractivity contribution < 1.29 is 14.3 Å². The minimum absolute atomic E-state index is 0.0803. The van der Waals surface area contributed by atoms with Crippen molar-refractivity contribution in [2.45, 2.75) is 13.0 Å². The number of ketones is 1. The zero-order chi connectivity index (χ0) is 11.3. The molecule has 0 saturated heterocycles. The van der Waals surface area contributed by atoms with Gasteiger partial charge in [0.05, 0.1) is 0 Å². The second-order valence-corrected chi connectivity index (χ2v) is 3.14. The first-order valence-corrected chi connectivity index (χ1v) is 4.59. The van der Waals surface area contributed by atoms with Gasteiger partial charge in [-0.15, -0.1) is 0 Å². The fraction of sp³-hybridized carbons (Fsp3) is 0.273. The van der Waals surface area contributed by atoms with E-state index in [0.717, 1.165) is 0 Å². The van der Waals surface area contributed by atoms with Crippen LogP contribution >= 0.6 is 0 Å². The normalized spacial score (nSPS) is 11.9. The summed E-state index contributed by atoms with van der Waals surface area (Å²) in [6, 6.07) is 7.88. The smallest absolute Gasteiger partial charge is 0.302 e. The second-order valence-electron chi connectivity index (χ2n) is 3.14. The van der Waals surface area contributed by atoms with Gasteiger partial charge in [0.15, 0.2) is 5.78 Å². The SMILES string of the molecule is CC(=O)OC[C@H](N)C(=O)c1ccccc1. The van der Waals surface area contributed by atoms with E-state index in [1.165, 1.54) is 6.92 Å². The van der Waals surface area contributed by atoms with Gasteiger partial charge in [0, 0.05) is 12.5 Å². The van der Waals surface area contributed by atoms with Crippen molar-refractivity contribution in [2.24, 2.45) is 5.73 Å². The minimum Gasteiger partial charge on any atom is -0.464 e. The van der Waals surface area contributed by atoms with Crippen LogP contribution in [0.3, 0.4) is 0 Å². The molecule has 0 spiro atoms. The number of carbonyl (C=O) groups excluding carboxylic acids is 2. The molecule has 15 heavy (non-hydrogen) atoms. The van der Waals surface area contributed by atoms with Crippen LogP contribution in [0.15, 0.2) is 30.3 Å². The molecule has 1 atom stereocenters. The van der Waals surface area contributed by atoms with Crippen molar-refractivity contribution >= 4 is 11.8 Å². The highest BCUT2D eigenvalue weighted by Gasteiger charge is 2.16. The van der Waals surface area contributed by atoms with Crippen molar-refractivity contribution in [3.05, 3.63) is 35.9 Å². The Kier molecular flexibility index (Phi) is 4.00. The van der Waals surface area contributed by atoms with Gasteiger partial charge in [0.2, 0.25) is 0 Å². The van der Waals surface area contributed by atoms with Gasteiger partial charge in [-0.3, -0.25) is 9.59 Å². The molecule has 0 unspecified atom stereocenters. The average Bonchev–Trinajstić information content (AvgIpc) is 2.26. The minimum atomic E-state index is -0.795. The first-order chi connectivity index (χ1) is 7.11. The molecule has 0 fully saturated rings. The van der Waals surface area contributed by atoms with Crippen molar-refractivity contribution in [3.63, 3.8) is 0 Å². The molecule has 4 nitrogen and oxygen atoms in total. The maximum atomic E-state index is 11.6. The van der Waals surface area contributed by atoms with Gasteiger partial charge < -0.3 is 10.5 Å². The molecular weight excluding hydrogens is 194 g/mol. The lowest BCUT2D eigenvalue weighted by molar-refractivity contribution is -0.141. The van der Waals surface area contributed by atoms with Crippen molar-refractivity contribution in [1.29, 1.82) is 0 Å². The summed E-state index contributed by atoms with van der Waals surface area (Å²) in [5.74, 6) is -0.664. The number of Topliss-reactive ketones (excluding diaryl/α,β-unsaturated/α-hetero) is 1. The lowest BCUT2D eigenvalue weighted by Crippen LogP contribution is -2.35. The summed E-state index contributed by atoms with van der Waals surface area (Å²) < 4.78 is 4.66. The topological polar surface area (TPSA) is 69.4 Å². The van der Waals surface area contributed by atoms with Crippen LogP contribution < -0.4 is 5.73 Å². The molecule has 0 aliphatic rings. The van der Waals surface area contributed by atoms with Crippen molar-refractivity contribution in [1.82, 2.24) is 0 Å². The Labute approximate surface area is 88.0 Å². The van der Waals surface area contributed by atoms with E-state index >= 15 is 0 Å². The summed E-state index contributed by atoms with van der Waals surface area (Å²) in [5, 5.41) is 0. The molecule has 1 aromatic rings. The molecule has 2 N–H and O–H groups in total. The molecular formula is C11H13NO3. The van der Waals surface area contributed by atoms with Gasteiger partial charge in [-0.2, -0.15) is 0 Å². The van der Waals surface area contributed by atoms with Gasteiger partial charge in [0.25, 0.3) is 0 Å². The molecule has 1 rings (SSSR count). The standard InChI is InChI=1S/C11H13NO3/c1-8(13)15-7-10(12)11(14)9-5-3-2-4-6-9/h2-6,10H,7,12H2,1H3/t10-/m0/s1. The van der Waals surface area contributed by atoms with Gasteiger partial charge in [-0.05, 0) is 0 Å². The highest BCUT2D eigenvalue weighted by molar-refractivity contribution is 6.00. The molecule has 0 aliphatic carbocycles. The molecule has 0 aromatic heterocycles. The summed E-state index contributed by atoms with van der Waals surface area (Å²) in [7, 11) is 0. The van der Waals surface area contributed by atoms with Gasteiger partial charge >= 0.3 is 5.97 Å². The predicted molar refractivity (Wildman–Crippen MR) is 55.4 cm³/mol. The van der Waals surface area contributed by atoms with E-state index in [-0.39, 0.29) is 12.4 Å². The molecule has 1 aromatic carbocycles. The summed E-state index contributed by atoms with van der Waals surface area (Å²) in [6.07, 6.45) is 0. The Morgan fingerprint density at radius 1 is 1.33 bits per heavy atom. The van der Waals surface area contributed by atoms with E-state index < -0.39 is 12.0 Å². The Morgan fingerprint density at radius 2 is 1.93 bits per heavy atom. The Morgan fingerprint density at radius 3 is 2.47 bits per heavy atom. The van der Waals surface area contributed by atoms with E-state index in [1.807, 2.05) is 6.07 Å². The molecule has 4 heteroatoms. The number of esters is 1. The third kappa shape index (κ3) is 3.52. The first-order valence-electron chi connectivity index (χ1n) is 4.59. The first kappa shape index (κ1) is 11.4. The number of carbonyl (C=O) groups is 2. The van der Waals surface area contributed by atoms with Crippen LogP contribution in [0.2, 0.25) is 0 Å². The molecule has 0 saturated carbocycles. The van der Waals surface area contributed by atoms with Gasteiger partial charge in [0.1, 0.15) is 12.6 Å². The van der Waals surface area contributed by atoms with E-state index in [4.69, 9.17) is 5.73 Å². The third-order valence-corrected chi connectivity index (χ3v) is 1.86. The van der Waals surface area contributed by atoms with Crippen LogP contribution in [0.25, 0.3) is 0 Å². The van der Waals surface area contributed by atoms with Crippen LogP contribution in [0, 0.1) is 0 Å². The lowest BCUT2D eigenvalue weighted by Gasteiger charge is -2.09. The van der Waals surface area contributed by atoms with Crippen LogP contribution in [0.1, 0.15) is 17.3 Å². The number of nitrogens with two attached hydrogens (primary N) is 1. The number of hydrogen-bond donors (Lipinski definition) is 1. The fourth-order valence-corrected chi connectivity index (χ4v) is 1.10. The molecule has 80 valence electrons. The summed E-state index contributed by atoms with van der Waals surface area (Å²) in [4.78, 5) is 22.2. The van der Waals surface area contributed by atoms with Crippen LogP contribution in [0.5, 0.6) is 0 Å². The summed E-state index contributed by atoms with van der Waals surface area (Å²) >= 11 is 0. The van der Waals surface area contributed by atoms with E-state index in [9.17, 15) is 9.59 Å². The number of benzene rings is 1. The van der Waals surface area contributed by atoms with Crippen molar-refractivity contribution in [2.75, 3.05) is 6.61 Å². The summed E-state index contributed by atoms with van der Waals surface area (Å²) in [5.41, 5.74) is 6.10. The monoisotopic (exact) mass is 207 g/mol. The molecule has 0 amide bonds.